The zero-order valence-corrected chi connectivity index (χ0v) is 19.2. The van der Waals surface area contributed by atoms with E-state index in [1.54, 1.807) is 0 Å². The summed E-state index contributed by atoms with van der Waals surface area (Å²) in [5.41, 5.74) is 3.28. The molecule has 1 nitrogen and oxygen atoms in total. The Hall–Kier alpha value is -1.28. The van der Waals surface area contributed by atoms with Crippen LogP contribution in [0.25, 0.3) is 10.8 Å². The van der Waals surface area contributed by atoms with Gasteiger partial charge in [-0.2, -0.15) is 0 Å². The minimum absolute atomic E-state index is 0.600. The third-order valence-corrected chi connectivity index (χ3v) is 12.9. The van der Waals surface area contributed by atoms with Crippen molar-refractivity contribution in [3.63, 3.8) is 0 Å². The van der Waals surface area contributed by atoms with Crippen molar-refractivity contribution in [1.29, 1.82) is 0 Å². The van der Waals surface area contributed by atoms with Crippen LogP contribution in [-0.2, 0) is 0 Å². The van der Waals surface area contributed by atoms with E-state index in [4.69, 9.17) is 4.43 Å². The van der Waals surface area contributed by atoms with Crippen molar-refractivity contribution in [1.82, 2.24) is 0 Å². The molecule has 0 aromatic heterocycles. The Kier molecular flexibility index (Phi) is 6.35. The largest absolute Gasteiger partial charge is 0.542 e. The molecule has 1 aliphatic carbocycles. The molecule has 1 aliphatic rings. The van der Waals surface area contributed by atoms with E-state index in [-0.39, 0.29) is 0 Å². The number of benzene rings is 2. The van der Waals surface area contributed by atoms with Crippen molar-refractivity contribution in [2.75, 3.05) is 0 Å². The van der Waals surface area contributed by atoms with Gasteiger partial charge in [0.15, 0.2) is 0 Å². The molecule has 1 saturated carbocycles. The van der Waals surface area contributed by atoms with E-state index in [1.807, 2.05) is 0 Å². The van der Waals surface area contributed by atoms with E-state index in [1.165, 1.54) is 54.2 Å². The SMILES string of the molecule is CC(C)[Si](Oc1cc2ccccc2cc1C1CCCCC1)(C(C)C)C(C)C. The lowest BCUT2D eigenvalue weighted by Gasteiger charge is -2.43. The molecule has 0 saturated heterocycles. The van der Waals surface area contributed by atoms with Crippen LogP contribution in [0.2, 0.25) is 16.6 Å². The van der Waals surface area contributed by atoms with Gasteiger partial charge in [0.1, 0.15) is 5.75 Å². The molecule has 3 rings (SSSR count). The van der Waals surface area contributed by atoms with Gasteiger partial charge in [0.25, 0.3) is 8.32 Å². The first-order chi connectivity index (χ1) is 12.9. The third kappa shape index (κ3) is 3.97. The molecule has 0 heterocycles. The predicted octanol–water partition coefficient (Wildman–Crippen LogP) is 8.44. The highest BCUT2D eigenvalue weighted by Gasteiger charge is 2.47. The van der Waals surface area contributed by atoms with Crippen LogP contribution in [0.3, 0.4) is 0 Å². The Labute approximate surface area is 167 Å². The molecular weight excluding hydrogens is 344 g/mol. The molecule has 0 unspecified atom stereocenters. The quantitative estimate of drug-likeness (QED) is 0.455. The highest BCUT2D eigenvalue weighted by atomic mass is 28.4. The highest BCUT2D eigenvalue weighted by Crippen LogP contribution is 2.46. The molecule has 0 atom stereocenters. The van der Waals surface area contributed by atoms with Crippen molar-refractivity contribution >= 4 is 19.1 Å². The molecule has 2 heteroatoms. The maximum Gasteiger partial charge on any atom is 0.258 e. The van der Waals surface area contributed by atoms with Crippen LogP contribution in [-0.4, -0.2) is 8.32 Å². The summed E-state index contributed by atoms with van der Waals surface area (Å²) in [4.78, 5) is 0. The lowest BCUT2D eigenvalue weighted by atomic mass is 9.83. The van der Waals surface area contributed by atoms with Crippen molar-refractivity contribution in [3.8, 4) is 5.75 Å². The highest BCUT2D eigenvalue weighted by molar-refractivity contribution is 6.78. The van der Waals surface area contributed by atoms with E-state index < -0.39 is 8.32 Å². The molecule has 0 bridgehead atoms. The number of rotatable bonds is 6. The lowest BCUT2D eigenvalue weighted by molar-refractivity contribution is 0.422. The summed E-state index contributed by atoms with van der Waals surface area (Å²) in [6, 6.07) is 13.6. The van der Waals surface area contributed by atoms with Crippen molar-refractivity contribution in [3.05, 3.63) is 42.0 Å². The maximum absolute atomic E-state index is 7.22. The summed E-state index contributed by atoms with van der Waals surface area (Å²) in [6.07, 6.45) is 6.74. The van der Waals surface area contributed by atoms with Crippen LogP contribution in [0.1, 0.15) is 85.1 Å². The minimum atomic E-state index is -1.95. The second kappa shape index (κ2) is 8.39. The Morgan fingerprint density at radius 3 is 1.81 bits per heavy atom. The fraction of sp³-hybridized carbons (Fsp3) is 0.600. The molecule has 0 amide bonds. The summed E-state index contributed by atoms with van der Waals surface area (Å²) >= 11 is 0. The Bertz CT molecular complexity index is 734. The summed E-state index contributed by atoms with van der Waals surface area (Å²) in [5.74, 6) is 1.86. The molecule has 0 aliphatic heterocycles. The average Bonchev–Trinajstić information content (AvgIpc) is 2.65. The van der Waals surface area contributed by atoms with Gasteiger partial charge in [-0.15, -0.1) is 0 Å². The minimum Gasteiger partial charge on any atom is -0.542 e. The van der Waals surface area contributed by atoms with Gasteiger partial charge in [0, 0.05) is 0 Å². The van der Waals surface area contributed by atoms with Gasteiger partial charge in [-0.1, -0.05) is 85.1 Å². The topological polar surface area (TPSA) is 9.23 Å². The fourth-order valence-electron chi connectivity index (χ4n) is 5.60. The number of hydrogen-bond acceptors (Lipinski definition) is 1. The van der Waals surface area contributed by atoms with Crippen LogP contribution in [0.5, 0.6) is 5.75 Å². The van der Waals surface area contributed by atoms with Crippen molar-refractivity contribution in [2.24, 2.45) is 0 Å². The second-order valence-electron chi connectivity index (χ2n) is 9.49. The fourth-order valence-corrected chi connectivity index (χ4v) is 10.9. The first-order valence-corrected chi connectivity index (χ1v) is 13.2. The van der Waals surface area contributed by atoms with Crippen molar-refractivity contribution < 1.29 is 4.43 Å². The molecule has 0 spiro atoms. The molecule has 2 aromatic rings. The van der Waals surface area contributed by atoms with Gasteiger partial charge in [-0.05, 0) is 63.9 Å². The van der Waals surface area contributed by atoms with E-state index in [0.717, 1.165) is 0 Å². The number of fused-ring (bicyclic) bond motifs is 1. The zero-order chi connectivity index (χ0) is 19.6. The van der Waals surface area contributed by atoms with Crippen LogP contribution in [0.4, 0.5) is 0 Å². The van der Waals surface area contributed by atoms with E-state index in [9.17, 15) is 0 Å². The molecule has 27 heavy (non-hydrogen) atoms. The lowest BCUT2D eigenvalue weighted by Crippen LogP contribution is -2.50. The summed E-state index contributed by atoms with van der Waals surface area (Å²) in [6.45, 7) is 14.3. The van der Waals surface area contributed by atoms with Gasteiger partial charge in [-0.25, -0.2) is 0 Å². The van der Waals surface area contributed by atoms with Gasteiger partial charge < -0.3 is 4.43 Å². The van der Waals surface area contributed by atoms with Gasteiger partial charge in [-0.3, -0.25) is 0 Å². The molecule has 148 valence electrons. The summed E-state index contributed by atoms with van der Waals surface area (Å²) in [5, 5.41) is 2.67. The van der Waals surface area contributed by atoms with Crippen LogP contribution >= 0.6 is 0 Å². The number of hydrogen-bond donors (Lipinski definition) is 0. The van der Waals surface area contributed by atoms with Crippen molar-refractivity contribution in [2.45, 2.75) is 96.2 Å². The van der Waals surface area contributed by atoms with Gasteiger partial charge >= 0.3 is 0 Å². The molecule has 1 fully saturated rings. The van der Waals surface area contributed by atoms with Crippen LogP contribution in [0.15, 0.2) is 36.4 Å². The maximum atomic E-state index is 7.22. The smallest absolute Gasteiger partial charge is 0.258 e. The Morgan fingerprint density at radius 2 is 1.30 bits per heavy atom. The summed E-state index contributed by atoms with van der Waals surface area (Å²) < 4.78 is 7.22. The normalized spacial score (nSPS) is 16.6. The van der Waals surface area contributed by atoms with Crippen LogP contribution in [0, 0.1) is 0 Å². The summed E-state index contributed by atoms with van der Waals surface area (Å²) in [7, 11) is -1.95. The zero-order valence-electron chi connectivity index (χ0n) is 18.2. The standard InChI is InChI=1S/C25H38OSi/c1-18(2)27(19(3)4,20(5)6)26-25-17-23-15-11-10-14-22(23)16-24(25)21-12-8-7-9-13-21/h10-11,14-21H,7-9,12-13H2,1-6H3. The van der Waals surface area contributed by atoms with Gasteiger partial charge in [0.2, 0.25) is 0 Å². The van der Waals surface area contributed by atoms with Crippen LogP contribution < -0.4 is 4.43 Å². The van der Waals surface area contributed by atoms with E-state index in [0.29, 0.717) is 22.5 Å². The average molecular weight is 383 g/mol. The monoisotopic (exact) mass is 382 g/mol. The third-order valence-electron chi connectivity index (χ3n) is 6.92. The first-order valence-electron chi connectivity index (χ1n) is 11.1. The van der Waals surface area contributed by atoms with E-state index in [2.05, 4.69) is 77.9 Å². The van der Waals surface area contributed by atoms with E-state index >= 15 is 0 Å². The predicted molar refractivity (Wildman–Crippen MR) is 121 cm³/mol. The molecule has 0 N–H and O–H groups in total. The first kappa shape index (κ1) is 20.5. The Morgan fingerprint density at radius 1 is 0.778 bits per heavy atom. The second-order valence-corrected chi connectivity index (χ2v) is 14.9. The molecule has 0 radical (unpaired) electrons. The molecule has 2 aromatic carbocycles. The molecular formula is C25H38OSi. The Balaban J connectivity index is 2.12. The van der Waals surface area contributed by atoms with Gasteiger partial charge in [0.05, 0.1) is 0 Å².